The van der Waals surface area contributed by atoms with Crippen LogP contribution in [0, 0.1) is 0 Å². The second kappa shape index (κ2) is 9.25. The molecule has 9 heteroatoms. The van der Waals surface area contributed by atoms with E-state index in [1.807, 2.05) is 0 Å². The van der Waals surface area contributed by atoms with Gasteiger partial charge in [0.05, 0.1) is 5.30 Å². The highest BCUT2D eigenvalue weighted by Crippen LogP contribution is 2.47. The first-order valence-electron chi connectivity index (χ1n) is 9.76. The van der Waals surface area contributed by atoms with Crippen LogP contribution in [-0.2, 0) is 22.3 Å². The molecule has 0 radical (unpaired) electrons. The number of carbonyl (C=O) groups is 1. The molecule has 4 rings (SSSR count). The van der Waals surface area contributed by atoms with E-state index in [0.29, 0.717) is 26.8 Å². The zero-order chi connectivity index (χ0) is 22.7. The molecule has 1 atom stereocenters. The molecular weight excluding hydrogens is 452 g/mol. The minimum absolute atomic E-state index is 0.104. The van der Waals surface area contributed by atoms with E-state index in [1.54, 1.807) is 60.9 Å². The molecule has 0 spiro atoms. The van der Waals surface area contributed by atoms with Crippen LogP contribution in [0.2, 0.25) is 5.02 Å². The Bertz CT molecular complexity index is 1330. The molecule has 0 fully saturated rings. The molecule has 1 unspecified atom stereocenters. The maximum Gasteiger partial charge on any atom is 0.268 e. The molecule has 0 aliphatic rings. The number of nitrogens with zero attached hydrogens (tertiary/aromatic N) is 1. The van der Waals surface area contributed by atoms with Gasteiger partial charge in [-0.05, 0) is 53.6 Å². The van der Waals surface area contributed by atoms with E-state index < -0.39 is 20.0 Å². The number of carbonyl (C=O) groups excluding carboxylic acids is 1. The molecule has 6 nitrogen and oxygen atoms in total. The molecule has 164 valence electrons. The van der Waals surface area contributed by atoms with E-state index in [4.69, 9.17) is 16.1 Å². The molecule has 0 saturated carbocycles. The average Bonchev–Trinajstić information content (AvgIpc) is 3.22. The predicted octanol–water partition coefficient (Wildman–Crippen LogP) is 4.49. The fourth-order valence-electron chi connectivity index (χ4n) is 3.54. The maximum atomic E-state index is 14.2. The lowest BCUT2D eigenvalue weighted by molar-refractivity contribution is 0.0947. The monoisotopic (exact) mass is 471 g/mol. The SMILES string of the molecule is COP(=O)(c1cccc(CF)c1)c1c(C(=O)NCc2ccncc2)[nH]c2ccc(Cl)cc12. The summed E-state index contributed by atoms with van der Waals surface area (Å²) in [4.78, 5) is 20.2. The smallest absolute Gasteiger partial charge is 0.268 e. The van der Waals surface area contributed by atoms with Crippen molar-refractivity contribution in [1.29, 1.82) is 0 Å². The first-order chi connectivity index (χ1) is 15.5. The van der Waals surface area contributed by atoms with Crippen molar-refractivity contribution in [3.63, 3.8) is 0 Å². The van der Waals surface area contributed by atoms with Gasteiger partial charge in [-0.25, -0.2) is 4.39 Å². The number of fused-ring (bicyclic) bond motifs is 1. The van der Waals surface area contributed by atoms with Gasteiger partial charge < -0.3 is 14.8 Å². The van der Waals surface area contributed by atoms with Crippen molar-refractivity contribution in [3.05, 3.63) is 88.8 Å². The predicted molar refractivity (Wildman–Crippen MR) is 124 cm³/mol. The highest BCUT2D eigenvalue weighted by Gasteiger charge is 2.36. The van der Waals surface area contributed by atoms with Gasteiger partial charge in [-0.2, -0.15) is 0 Å². The number of aromatic amines is 1. The topological polar surface area (TPSA) is 84.1 Å². The molecule has 0 saturated heterocycles. The standard InChI is InChI=1S/C23H20ClFN3O3P/c1-31-32(30,18-4-2-3-16(11-18)13-25)22-19-12-17(24)5-6-20(19)28-21(22)23(29)27-14-15-7-9-26-10-8-15/h2-12,28H,13-14H2,1H3,(H,27,29). The quantitative estimate of drug-likeness (QED) is 0.389. The molecule has 0 aliphatic heterocycles. The lowest BCUT2D eigenvalue weighted by Gasteiger charge is -2.18. The van der Waals surface area contributed by atoms with Crippen molar-refractivity contribution in [1.82, 2.24) is 15.3 Å². The largest absolute Gasteiger partial charge is 0.350 e. The van der Waals surface area contributed by atoms with E-state index in [2.05, 4.69) is 15.3 Å². The maximum absolute atomic E-state index is 14.2. The van der Waals surface area contributed by atoms with Crippen molar-refractivity contribution in [3.8, 4) is 0 Å². The van der Waals surface area contributed by atoms with Crippen molar-refractivity contribution in [2.24, 2.45) is 0 Å². The van der Waals surface area contributed by atoms with E-state index in [-0.39, 0.29) is 17.5 Å². The van der Waals surface area contributed by atoms with Gasteiger partial charge in [0.1, 0.15) is 12.4 Å². The Morgan fingerprint density at radius 2 is 1.94 bits per heavy atom. The van der Waals surface area contributed by atoms with Crippen LogP contribution in [0.4, 0.5) is 4.39 Å². The summed E-state index contributed by atoms with van der Waals surface area (Å²) in [5.41, 5.74) is 1.91. The number of rotatable bonds is 7. The summed E-state index contributed by atoms with van der Waals surface area (Å²) in [6, 6.07) is 14.9. The van der Waals surface area contributed by atoms with Gasteiger partial charge in [0.2, 0.25) is 0 Å². The molecule has 4 aromatic rings. The number of halogens is 2. The molecule has 0 bridgehead atoms. The van der Waals surface area contributed by atoms with Crippen molar-refractivity contribution in [2.45, 2.75) is 13.2 Å². The summed E-state index contributed by atoms with van der Waals surface area (Å²) < 4.78 is 33.1. The third-order valence-electron chi connectivity index (χ3n) is 5.12. The number of hydrogen-bond donors (Lipinski definition) is 2. The Labute approximate surface area is 189 Å². The van der Waals surface area contributed by atoms with Gasteiger partial charge in [0, 0.05) is 47.3 Å². The second-order valence-electron chi connectivity index (χ2n) is 7.11. The van der Waals surface area contributed by atoms with E-state index >= 15 is 0 Å². The summed E-state index contributed by atoms with van der Waals surface area (Å²) in [5, 5.41) is 4.24. The highest BCUT2D eigenvalue weighted by molar-refractivity contribution is 7.75. The summed E-state index contributed by atoms with van der Waals surface area (Å²) in [5.74, 6) is -0.456. The molecule has 0 aliphatic carbocycles. The minimum Gasteiger partial charge on any atom is -0.350 e. The van der Waals surface area contributed by atoms with Crippen molar-refractivity contribution >= 4 is 46.4 Å². The van der Waals surface area contributed by atoms with Crippen LogP contribution < -0.4 is 15.9 Å². The Kier molecular flexibility index (Phi) is 6.42. The summed E-state index contributed by atoms with van der Waals surface area (Å²) >= 11 is 6.21. The lowest BCUT2D eigenvalue weighted by Crippen LogP contribution is -2.30. The third-order valence-corrected chi connectivity index (χ3v) is 7.88. The number of nitrogens with one attached hydrogen (secondary N) is 2. The molecule has 2 N–H and O–H groups in total. The van der Waals surface area contributed by atoms with E-state index in [0.717, 1.165) is 5.56 Å². The molecule has 2 aromatic carbocycles. The number of amides is 1. The average molecular weight is 472 g/mol. The molecule has 32 heavy (non-hydrogen) atoms. The summed E-state index contributed by atoms with van der Waals surface area (Å²) in [6.07, 6.45) is 3.27. The van der Waals surface area contributed by atoms with Gasteiger partial charge in [0.15, 0.2) is 0 Å². The summed E-state index contributed by atoms with van der Waals surface area (Å²) in [7, 11) is -2.47. The number of aromatic nitrogens is 2. The van der Waals surface area contributed by atoms with Crippen LogP contribution in [0.1, 0.15) is 21.6 Å². The van der Waals surface area contributed by atoms with Crippen molar-refractivity contribution in [2.75, 3.05) is 7.11 Å². The minimum atomic E-state index is -3.78. The van der Waals surface area contributed by atoms with E-state index in [1.165, 1.54) is 13.2 Å². The lowest BCUT2D eigenvalue weighted by atomic mass is 10.2. The number of hydrogen-bond acceptors (Lipinski definition) is 4. The van der Waals surface area contributed by atoms with Crippen molar-refractivity contribution < 1.29 is 18.3 Å². The third kappa shape index (κ3) is 4.19. The molecular formula is C23H20ClFN3O3P. The van der Waals surface area contributed by atoms with Crippen LogP contribution >= 0.6 is 19.0 Å². The van der Waals surface area contributed by atoms with Gasteiger partial charge in [-0.1, -0.05) is 23.7 Å². The fraction of sp³-hybridized carbons (Fsp3) is 0.130. The Morgan fingerprint density at radius 3 is 2.66 bits per heavy atom. The second-order valence-corrected chi connectivity index (χ2v) is 9.98. The van der Waals surface area contributed by atoms with Crippen LogP contribution in [-0.4, -0.2) is 23.0 Å². The first kappa shape index (κ1) is 22.2. The van der Waals surface area contributed by atoms with E-state index in [9.17, 15) is 13.8 Å². The zero-order valence-corrected chi connectivity index (χ0v) is 18.8. The number of benzene rings is 2. The number of alkyl halides is 1. The molecule has 2 aromatic heterocycles. The normalized spacial score (nSPS) is 13.1. The van der Waals surface area contributed by atoms with Gasteiger partial charge in [-0.3, -0.25) is 14.3 Å². The fourth-order valence-corrected chi connectivity index (χ4v) is 5.94. The molecule has 1 amide bonds. The van der Waals surface area contributed by atoms with Gasteiger partial charge >= 0.3 is 0 Å². The Morgan fingerprint density at radius 1 is 1.16 bits per heavy atom. The number of pyridine rings is 1. The Hall–Kier alpha value is -2.99. The Balaban J connectivity index is 1.85. The van der Waals surface area contributed by atoms with Crippen LogP contribution in [0.3, 0.4) is 0 Å². The first-order valence-corrected chi connectivity index (χ1v) is 11.8. The number of H-pyrrole nitrogens is 1. The van der Waals surface area contributed by atoms with Crippen LogP contribution in [0.25, 0.3) is 10.9 Å². The van der Waals surface area contributed by atoms with Gasteiger partial charge in [0.25, 0.3) is 13.3 Å². The van der Waals surface area contributed by atoms with Crippen LogP contribution in [0.15, 0.2) is 67.0 Å². The zero-order valence-electron chi connectivity index (χ0n) is 17.1. The van der Waals surface area contributed by atoms with Gasteiger partial charge in [-0.15, -0.1) is 0 Å². The van der Waals surface area contributed by atoms with Crippen LogP contribution in [0.5, 0.6) is 0 Å². The molecule has 2 heterocycles. The summed E-state index contributed by atoms with van der Waals surface area (Å²) in [6.45, 7) is -0.456. The highest BCUT2D eigenvalue weighted by atomic mass is 35.5.